The summed E-state index contributed by atoms with van der Waals surface area (Å²) in [5, 5.41) is 8.51. The van der Waals surface area contributed by atoms with Crippen LogP contribution in [-0.4, -0.2) is 11.1 Å². The summed E-state index contributed by atoms with van der Waals surface area (Å²) in [6.45, 7) is 0. The van der Waals surface area contributed by atoms with Crippen molar-refractivity contribution in [2.75, 3.05) is 0 Å². The number of aryl methyl sites for hydroxylation is 1. The number of carboxylic acid groups (broad SMARTS) is 1. The first kappa shape index (κ1) is 23.3. The van der Waals surface area contributed by atoms with E-state index in [2.05, 4.69) is 0 Å². The molecular weight excluding hydrogens is 374 g/mol. The topological polar surface area (TPSA) is 37.3 Å². The van der Waals surface area contributed by atoms with Crippen molar-refractivity contribution in [1.82, 2.24) is 0 Å². The number of unbranched alkanes of at least 4 members (excludes halogenated alkanes) is 7. The fraction of sp³-hybridized carbons (Fsp3) is 0.632. The van der Waals surface area contributed by atoms with Gasteiger partial charge in [-0.3, -0.25) is 4.79 Å². The van der Waals surface area contributed by atoms with Crippen molar-refractivity contribution in [3.63, 3.8) is 0 Å². The first-order valence-corrected chi connectivity index (χ1v) is 9.01. The van der Waals surface area contributed by atoms with E-state index in [1.54, 1.807) is 0 Å². The largest absolute Gasteiger partial charge is 0.481 e. The van der Waals surface area contributed by atoms with E-state index >= 15 is 0 Å². The molecule has 0 saturated heterocycles. The summed E-state index contributed by atoms with van der Waals surface area (Å²) in [4.78, 5) is 10.4. The molecule has 0 bridgehead atoms. The van der Waals surface area contributed by atoms with Gasteiger partial charge >= 0.3 is 18.3 Å². The number of carboxylic acids is 1. The summed E-state index contributed by atoms with van der Waals surface area (Å²) < 4.78 is 77.0. The van der Waals surface area contributed by atoms with E-state index in [1.807, 2.05) is 0 Å². The third-order valence-corrected chi connectivity index (χ3v) is 4.33. The van der Waals surface area contributed by atoms with Gasteiger partial charge in [-0.05, 0) is 37.0 Å². The lowest BCUT2D eigenvalue weighted by molar-refractivity contribution is -0.143. The molecule has 1 aromatic rings. The first-order chi connectivity index (χ1) is 12.5. The van der Waals surface area contributed by atoms with Gasteiger partial charge in [0.05, 0.1) is 11.1 Å². The standard InChI is InChI=1S/C19H24F6O2/c20-18(21,22)15-12-11-14(16(13-15)19(23,24)25)9-7-5-3-1-2-4-6-8-10-17(26)27/h11-13H,1-10H2,(H,26,27). The highest BCUT2D eigenvalue weighted by Gasteiger charge is 2.37. The van der Waals surface area contributed by atoms with E-state index in [9.17, 15) is 31.1 Å². The zero-order valence-electron chi connectivity index (χ0n) is 14.9. The molecular formula is C19H24F6O2. The molecule has 0 aliphatic rings. The highest BCUT2D eigenvalue weighted by molar-refractivity contribution is 5.66. The number of alkyl halides is 6. The molecule has 0 spiro atoms. The average molecular weight is 398 g/mol. The minimum absolute atomic E-state index is 0.0889. The van der Waals surface area contributed by atoms with Crippen LogP contribution in [0.2, 0.25) is 0 Å². The molecule has 2 nitrogen and oxygen atoms in total. The van der Waals surface area contributed by atoms with Crippen LogP contribution in [0, 0.1) is 0 Å². The van der Waals surface area contributed by atoms with Crippen LogP contribution >= 0.6 is 0 Å². The van der Waals surface area contributed by atoms with Gasteiger partial charge in [-0.2, -0.15) is 26.3 Å². The van der Waals surface area contributed by atoms with Gasteiger partial charge in [-0.15, -0.1) is 0 Å². The Hall–Kier alpha value is -1.73. The van der Waals surface area contributed by atoms with E-state index in [4.69, 9.17) is 5.11 Å². The Morgan fingerprint density at radius 1 is 0.778 bits per heavy atom. The fourth-order valence-electron chi connectivity index (χ4n) is 2.89. The van der Waals surface area contributed by atoms with Crippen LogP contribution < -0.4 is 0 Å². The molecule has 0 radical (unpaired) electrons. The Morgan fingerprint density at radius 3 is 1.78 bits per heavy atom. The van der Waals surface area contributed by atoms with Crippen molar-refractivity contribution >= 4 is 5.97 Å². The maximum atomic E-state index is 13.0. The molecule has 0 aromatic heterocycles. The minimum atomic E-state index is -4.81. The molecule has 27 heavy (non-hydrogen) atoms. The monoisotopic (exact) mass is 398 g/mol. The number of rotatable bonds is 11. The lowest BCUT2D eigenvalue weighted by atomic mass is 9.97. The number of hydrogen-bond acceptors (Lipinski definition) is 1. The molecule has 0 saturated carbocycles. The SMILES string of the molecule is O=C(O)CCCCCCCCCCc1ccc(C(F)(F)F)cc1C(F)(F)F. The minimum Gasteiger partial charge on any atom is -0.481 e. The summed E-state index contributed by atoms with van der Waals surface area (Å²) in [7, 11) is 0. The predicted molar refractivity (Wildman–Crippen MR) is 89.3 cm³/mol. The van der Waals surface area contributed by atoms with Crippen molar-refractivity contribution in [2.45, 2.75) is 76.6 Å². The van der Waals surface area contributed by atoms with Gasteiger partial charge < -0.3 is 5.11 Å². The third-order valence-electron chi connectivity index (χ3n) is 4.33. The summed E-state index contributed by atoms with van der Waals surface area (Å²) in [6.07, 6.45) is -3.10. The Balaban J connectivity index is 2.39. The highest BCUT2D eigenvalue weighted by Crippen LogP contribution is 2.37. The Kier molecular flexibility index (Phi) is 9.12. The van der Waals surface area contributed by atoms with Gasteiger partial charge in [0, 0.05) is 6.42 Å². The van der Waals surface area contributed by atoms with Crippen molar-refractivity contribution in [3.05, 3.63) is 34.9 Å². The molecule has 0 atom stereocenters. The molecule has 0 amide bonds. The quantitative estimate of drug-likeness (QED) is 0.326. The first-order valence-electron chi connectivity index (χ1n) is 9.01. The van der Waals surface area contributed by atoms with Gasteiger partial charge in [0.15, 0.2) is 0 Å². The van der Waals surface area contributed by atoms with Crippen LogP contribution in [0.3, 0.4) is 0 Å². The average Bonchev–Trinajstić information content (AvgIpc) is 2.54. The lowest BCUT2D eigenvalue weighted by Crippen LogP contribution is -2.13. The Labute approximate surface area is 154 Å². The Bertz CT molecular complexity index is 593. The fourth-order valence-corrected chi connectivity index (χ4v) is 2.89. The summed E-state index contributed by atoms with van der Waals surface area (Å²) in [5.41, 5.74) is -2.61. The van der Waals surface area contributed by atoms with Gasteiger partial charge in [0.2, 0.25) is 0 Å². The maximum absolute atomic E-state index is 13.0. The van der Waals surface area contributed by atoms with Gasteiger partial charge in [-0.25, -0.2) is 0 Å². The van der Waals surface area contributed by atoms with Crippen molar-refractivity contribution in [1.29, 1.82) is 0 Å². The molecule has 0 unspecified atom stereocenters. The van der Waals surface area contributed by atoms with Gasteiger partial charge in [0.1, 0.15) is 0 Å². The summed E-state index contributed by atoms with van der Waals surface area (Å²) >= 11 is 0. The van der Waals surface area contributed by atoms with Crippen molar-refractivity contribution in [3.8, 4) is 0 Å². The molecule has 8 heteroatoms. The molecule has 0 aliphatic carbocycles. The number of benzene rings is 1. The Morgan fingerprint density at radius 2 is 1.30 bits per heavy atom. The molecule has 0 aliphatic heterocycles. The zero-order chi connectivity index (χ0) is 20.5. The van der Waals surface area contributed by atoms with Crippen LogP contribution in [0.1, 0.15) is 74.5 Å². The number of carbonyl (C=O) groups is 1. The van der Waals surface area contributed by atoms with E-state index in [0.717, 1.165) is 38.2 Å². The van der Waals surface area contributed by atoms with Crippen molar-refractivity contribution in [2.24, 2.45) is 0 Å². The summed E-state index contributed by atoms with van der Waals surface area (Å²) in [6, 6.07) is 1.81. The van der Waals surface area contributed by atoms with E-state index < -0.39 is 29.4 Å². The molecule has 1 N–H and O–H groups in total. The van der Waals surface area contributed by atoms with Crippen molar-refractivity contribution < 1.29 is 36.2 Å². The molecule has 0 heterocycles. The smallest absolute Gasteiger partial charge is 0.416 e. The van der Waals surface area contributed by atoms with Crippen LogP contribution in [0.15, 0.2) is 18.2 Å². The van der Waals surface area contributed by atoms with E-state index in [-0.39, 0.29) is 24.5 Å². The third kappa shape index (κ3) is 9.15. The van der Waals surface area contributed by atoms with Crippen LogP contribution in [0.4, 0.5) is 26.3 Å². The second kappa shape index (κ2) is 10.6. The second-order valence-electron chi connectivity index (χ2n) is 6.59. The molecule has 1 rings (SSSR count). The highest BCUT2D eigenvalue weighted by atomic mass is 19.4. The van der Waals surface area contributed by atoms with E-state index in [0.29, 0.717) is 25.3 Å². The number of aliphatic carboxylic acids is 1. The predicted octanol–water partition coefficient (Wildman–Crippen LogP) is 6.86. The normalized spacial score (nSPS) is 12.4. The molecule has 154 valence electrons. The van der Waals surface area contributed by atoms with Gasteiger partial charge in [0.25, 0.3) is 0 Å². The van der Waals surface area contributed by atoms with Crippen LogP contribution in [0.5, 0.6) is 0 Å². The summed E-state index contributed by atoms with van der Waals surface area (Å²) in [5.74, 6) is -0.809. The zero-order valence-corrected chi connectivity index (χ0v) is 14.9. The lowest BCUT2D eigenvalue weighted by Gasteiger charge is -2.16. The number of hydrogen-bond donors (Lipinski definition) is 1. The van der Waals surface area contributed by atoms with Crippen LogP contribution in [-0.2, 0) is 23.6 Å². The van der Waals surface area contributed by atoms with Gasteiger partial charge in [-0.1, -0.05) is 44.6 Å². The molecule has 0 fully saturated rings. The van der Waals surface area contributed by atoms with Crippen LogP contribution in [0.25, 0.3) is 0 Å². The van der Waals surface area contributed by atoms with E-state index in [1.165, 1.54) is 0 Å². The molecule has 1 aromatic carbocycles. The maximum Gasteiger partial charge on any atom is 0.416 e. The second-order valence-corrected chi connectivity index (χ2v) is 6.59. The number of halogens is 6.